The number of hydrogen-bond donors (Lipinski definition) is 2. The summed E-state index contributed by atoms with van der Waals surface area (Å²) in [7, 11) is 0. The number of anilines is 1. The SMILES string of the molecule is CC(F)(F)c1ccc(-c2nc(N)c3cc(C(C)(O)c4ccccn4)sc3n2)o1. The second-order valence-electron chi connectivity index (χ2n) is 6.60. The number of alkyl halides is 2. The monoisotopic (exact) mass is 402 g/mol. The molecule has 4 aromatic heterocycles. The highest BCUT2D eigenvalue weighted by Crippen LogP contribution is 2.38. The van der Waals surface area contributed by atoms with Crippen LogP contribution in [0.15, 0.2) is 47.0 Å². The number of nitrogen functional groups attached to an aromatic ring is 1. The fourth-order valence-corrected chi connectivity index (χ4v) is 3.86. The predicted octanol–water partition coefficient (Wildman–Crippen LogP) is 4.30. The summed E-state index contributed by atoms with van der Waals surface area (Å²) >= 11 is 1.22. The lowest BCUT2D eigenvalue weighted by Crippen LogP contribution is -2.22. The molecule has 0 amide bonds. The van der Waals surface area contributed by atoms with Gasteiger partial charge in [-0.2, -0.15) is 8.78 Å². The molecule has 0 radical (unpaired) electrons. The molecule has 0 bridgehead atoms. The van der Waals surface area contributed by atoms with Crippen LogP contribution in [0.3, 0.4) is 0 Å². The van der Waals surface area contributed by atoms with Crippen molar-refractivity contribution in [2.75, 3.05) is 5.73 Å². The predicted molar refractivity (Wildman–Crippen MR) is 102 cm³/mol. The van der Waals surface area contributed by atoms with Crippen LogP contribution in [0.2, 0.25) is 0 Å². The van der Waals surface area contributed by atoms with Gasteiger partial charge in [-0.15, -0.1) is 11.3 Å². The van der Waals surface area contributed by atoms with E-state index in [1.165, 1.54) is 23.5 Å². The number of pyridine rings is 1. The van der Waals surface area contributed by atoms with Crippen molar-refractivity contribution in [1.29, 1.82) is 0 Å². The van der Waals surface area contributed by atoms with Gasteiger partial charge in [0.15, 0.2) is 17.3 Å². The maximum absolute atomic E-state index is 13.4. The first-order chi connectivity index (χ1) is 13.2. The van der Waals surface area contributed by atoms with Crippen molar-refractivity contribution < 1.29 is 18.3 Å². The largest absolute Gasteiger partial charge is 0.451 e. The van der Waals surface area contributed by atoms with Crippen molar-refractivity contribution in [2.45, 2.75) is 25.4 Å². The molecule has 144 valence electrons. The molecule has 28 heavy (non-hydrogen) atoms. The van der Waals surface area contributed by atoms with Gasteiger partial charge >= 0.3 is 5.92 Å². The molecule has 1 atom stereocenters. The van der Waals surface area contributed by atoms with E-state index in [1.807, 2.05) is 0 Å². The molecule has 0 aromatic carbocycles. The lowest BCUT2D eigenvalue weighted by atomic mass is 9.99. The Hall–Kier alpha value is -2.91. The molecule has 0 saturated heterocycles. The molecule has 0 fully saturated rings. The van der Waals surface area contributed by atoms with Gasteiger partial charge in [0.2, 0.25) is 0 Å². The van der Waals surface area contributed by atoms with Crippen LogP contribution in [0, 0.1) is 0 Å². The van der Waals surface area contributed by atoms with E-state index in [9.17, 15) is 13.9 Å². The summed E-state index contributed by atoms with van der Waals surface area (Å²) in [5, 5.41) is 11.5. The van der Waals surface area contributed by atoms with Crippen molar-refractivity contribution in [2.24, 2.45) is 0 Å². The molecule has 0 aliphatic carbocycles. The Labute approximate surface area is 162 Å². The van der Waals surface area contributed by atoms with E-state index in [4.69, 9.17) is 10.2 Å². The highest BCUT2D eigenvalue weighted by Gasteiger charge is 2.31. The van der Waals surface area contributed by atoms with Crippen molar-refractivity contribution in [1.82, 2.24) is 15.0 Å². The van der Waals surface area contributed by atoms with Crippen LogP contribution in [0.1, 0.15) is 30.2 Å². The van der Waals surface area contributed by atoms with E-state index >= 15 is 0 Å². The number of fused-ring (bicyclic) bond motifs is 1. The highest BCUT2D eigenvalue weighted by molar-refractivity contribution is 7.18. The maximum atomic E-state index is 13.4. The van der Waals surface area contributed by atoms with E-state index in [0.29, 0.717) is 20.8 Å². The average molecular weight is 402 g/mol. The summed E-state index contributed by atoms with van der Waals surface area (Å²) in [6.45, 7) is 2.38. The van der Waals surface area contributed by atoms with Gasteiger partial charge in [0.25, 0.3) is 0 Å². The topological polar surface area (TPSA) is 98.1 Å². The van der Waals surface area contributed by atoms with E-state index in [-0.39, 0.29) is 17.4 Å². The Morgan fingerprint density at radius 3 is 2.57 bits per heavy atom. The molecule has 0 aliphatic rings. The number of thiophene rings is 1. The summed E-state index contributed by atoms with van der Waals surface area (Å²) in [6.07, 6.45) is 1.60. The molecule has 0 aliphatic heterocycles. The van der Waals surface area contributed by atoms with Gasteiger partial charge < -0.3 is 15.3 Å². The summed E-state index contributed by atoms with van der Waals surface area (Å²) in [4.78, 5) is 13.9. The van der Waals surface area contributed by atoms with E-state index in [2.05, 4.69) is 15.0 Å². The molecule has 0 saturated carbocycles. The maximum Gasteiger partial charge on any atom is 0.301 e. The van der Waals surface area contributed by atoms with E-state index in [1.54, 1.807) is 37.4 Å². The number of hydrogen-bond acceptors (Lipinski definition) is 7. The molecular weight excluding hydrogens is 386 g/mol. The van der Waals surface area contributed by atoms with Gasteiger partial charge in [-0.1, -0.05) is 6.07 Å². The van der Waals surface area contributed by atoms with Crippen molar-refractivity contribution in [3.8, 4) is 11.6 Å². The second kappa shape index (κ2) is 6.32. The van der Waals surface area contributed by atoms with Crippen LogP contribution in [-0.4, -0.2) is 20.1 Å². The molecule has 4 aromatic rings. The number of halogens is 2. The number of rotatable bonds is 4. The normalized spacial score (nSPS) is 14.3. The van der Waals surface area contributed by atoms with Gasteiger partial charge in [0.1, 0.15) is 16.2 Å². The lowest BCUT2D eigenvalue weighted by Gasteiger charge is -2.20. The van der Waals surface area contributed by atoms with Crippen LogP contribution in [0.25, 0.3) is 21.8 Å². The third-order valence-electron chi connectivity index (χ3n) is 4.32. The van der Waals surface area contributed by atoms with Crippen molar-refractivity contribution in [3.05, 3.63) is 58.9 Å². The van der Waals surface area contributed by atoms with Crippen LogP contribution in [0.4, 0.5) is 14.6 Å². The van der Waals surface area contributed by atoms with Crippen molar-refractivity contribution >= 4 is 27.4 Å². The van der Waals surface area contributed by atoms with Gasteiger partial charge in [-0.3, -0.25) is 4.98 Å². The number of aliphatic hydroxyl groups is 1. The molecule has 4 heterocycles. The van der Waals surface area contributed by atoms with Crippen LogP contribution < -0.4 is 5.73 Å². The van der Waals surface area contributed by atoms with Crippen molar-refractivity contribution in [3.63, 3.8) is 0 Å². The molecule has 0 spiro atoms. The minimum atomic E-state index is -3.11. The number of aromatic nitrogens is 3. The molecule has 9 heteroatoms. The zero-order valence-corrected chi connectivity index (χ0v) is 15.8. The first-order valence-electron chi connectivity index (χ1n) is 8.36. The fraction of sp³-hybridized carbons (Fsp3) is 0.211. The minimum absolute atomic E-state index is 0.0940. The first kappa shape index (κ1) is 18.5. The Morgan fingerprint density at radius 1 is 1.14 bits per heavy atom. The molecule has 6 nitrogen and oxygen atoms in total. The van der Waals surface area contributed by atoms with Gasteiger partial charge in [0, 0.05) is 18.0 Å². The highest BCUT2D eigenvalue weighted by atomic mass is 32.1. The third kappa shape index (κ3) is 3.12. The zero-order valence-electron chi connectivity index (χ0n) is 15.0. The summed E-state index contributed by atoms with van der Waals surface area (Å²) in [5.41, 5.74) is 5.19. The van der Waals surface area contributed by atoms with Crippen LogP contribution in [0.5, 0.6) is 0 Å². The summed E-state index contributed by atoms with van der Waals surface area (Å²) < 4.78 is 32.0. The number of nitrogens with two attached hydrogens (primary N) is 1. The lowest BCUT2D eigenvalue weighted by molar-refractivity contribution is -0.00473. The van der Waals surface area contributed by atoms with E-state index < -0.39 is 17.3 Å². The standard InChI is InChI=1S/C19H16F2N4O2S/c1-18(26,12-5-3-4-8-23-12)14-9-10-15(22)24-16(25-17(10)28-14)11-6-7-13(27-11)19(2,20)21/h3-9,26H,1-2H3,(H2,22,24,25). The van der Waals surface area contributed by atoms with Gasteiger partial charge in [-0.25, -0.2) is 9.97 Å². The molecule has 1 unspecified atom stereocenters. The van der Waals surface area contributed by atoms with Gasteiger partial charge in [0.05, 0.1) is 11.1 Å². The fourth-order valence-electron chi connectivity index (χ4n) is 2.76. The Bertz CT molecular complexity index is 1150. The third-order valence-corrected chi connectivity index (χ3v) is 5.56. The summed E-state index contributed by atoms with van der Waals surface area (Å²) in [5.74, 6) is -3.22. The smallest absolute Gasteiger partial charge is 0.301 e. The minimum Gasteiger partial charge on any atom is -0.451 e. The molecule has 4 rings (SSSR count). The number of nitrogens with zero attached hydrogens (tertiary/aromatic N) is 3. The first-order valence-corrected chi connectivity index (χ1v) is 9.18. The Morgan fingerprint density at radius 2 is 1.93 bits per heavy atom. The number of furan rings is 1. The van der Waals surface area contributed by atoms with Crippen LogP contribution in [-0.2, 0) is 11.5 Å². The zero-order chi connectivity index (χ0) is 20.1. The van der Waals surface area contributed by atoms with E-state index in [0.717, 1.165) is 6.92 Å². The molecular formula is C19H16F2N4O2S. The second-order valence-corrected chi connectivity index (χ2v) is 7.63. The Kier molecular flexibility index (Phi) is 4.16. The summed E-state index contributed by atoms with van der Waals surface area (Å²) in [6, 6.07) is 9.55. The quantitative estimate of drug-likeness (QED) is 0.528. The van der Waals surface area contributed by atoms with Crippen LogP contribution >= 0.6 is 11.3 Å². The van der Waals surface area contributed by atoms with Gasteiger partial charge in [-0.05, 0) is 37.3 Å². The Balaban J connectivity index is 1.79. The molecule has 3 N–H and O–H groups in total. The average Bonchev–Trinajstić information content (AvgIpc) is 3.30.